The molecular weight excluding hydrogens is 322 g/mol. The van der Waals surface area contributed by atoms with Gasteiger partial charge in [-0.15, -0.1) is 0 Å². The minimum Gasteiger partial charge on any atom is -0.465 e. The molecule has 1 heterocycles. The highest BCUT2D eigenvalue weighted by molar-refractivity contribution is 9.10. The van der Waals surface area contributed by atoms with Crippen LogP contribution in [0.4, 0.5) is 5.69 Å². The third kappa shape index (κ3) is 1.87. The highest BCUT2D eigenvalue weighted by atomic mass is 79.9. The molecule has 3 rings (SSSR count). The van der Waals surface area contributed by atoms with E-state index in [4.69, 9.17) is 4.74 Å². The number of ether oxygens (including phenoxy) is 1. The second-order valence-electron chi connectivity index (χ2n) is 5.44. The summed E-state index contributed by atoms with van der Waals surface area (Å²) in [5.41, 5.74) is 1.96. The van der Waals surface area contributed by atoms with E-state index in [0.29, 0.717) is 24.3 Å². The van der Waals surface area contributed by atoms with Gasteiger partial charge in [0.05, 0.1) is 18.1 Å². The molecule has 1 aliphatic carbocycles. The smallest absolute Gasteiger partial charge is 0.337 e. The highest BCUT2D eigenvalue weighted by Crippen LogP contribution is 2.48. The average molecular weight is 338 g/mol. The van der Waals surface area contributed by atoms with E-state index in [1.54, 1.807) is 12.1 Å². The minimum atomic E-state index is -0.416. The number of benzene rings is 1. The monoisotopic (exact) mass is 337 g/mol. The SMILES string of the molecule is COC(=O)c1cc(Br)c2c(c1)NCC21CCCCC1=O. The lowest BCUT2D eigenvalue weighted by Crippen LogP contribution is -2.40. The summed E-state index contributed by atoms with van der Waals surface area (Å²) in [7, 11) is 1.36. The second kappa shape index (κ2) is 4.88. The molecule has 1 atom stereocenters. The third-order valence-corrected chi connectivity index (χ3v) is 4.99. The summed E-state index contributed by atoms with van der Waals surface area (Å²) in [4.78, 5) is 24.1. The zero-order valence-electron chi connectivity index (χ0n) is 11.3. The number of ketones is 1. The summed E-state index contributed by atoms with van der Waals surface area (Å²) in [6.07, 6.45) is 3.57. The lowest BCUT2D eigenvalue weighted by Gasteiger charge is -2.32. The Labute approximate surface area is 126 Å². The Hall–Kier alpha value is -1.36. The van der Waals surface area contributed by atoms with E-state index in [1.165, 1.54) is 7.11 Å². The number of hydrogen-bond donors (Lipinski definition) is 1. The number of fused-ring (bicyclic) bond motifs is 2. The van der Waals surface area contributed by atoms with E-state index in [0.717, 1.165) is 35.0 Å². The Morgan fingerprint density at radius 1 is 1.40 bits per heavy atom. The molecule has 0 aromatic heterocycles. The van der Waals surface area contributed by atoms with Crippen molar-refractivity contribution in [1.29, 1.82) is 0 Å². The maximum absolute atomic E-state index is 12.5. The lowest BCUT2D eigenvalue weighted by atomic mass is 9.69. The first-order chi connectivity index (χ1) is 9.58. The molecule has 1 unspecified atom stereocenters. The molecule has 1 aromatic carbocycles. The van der Waals surface area contributed by atoms with Crippen LogP contribution < -0.4 is 5.32 Å². The van der Waals surface area contributed by atoms with Gasteiger partial charge in [-0.1, -0.05) is 22.4 Å². The number of nitrogens with one attached hydrogen (secondary N) is 1. The quantitative estimate of drug-likeness (QED) is 0.800. The highest BCUT2D eigenvalue weighted by Gasteiger charge is 2.47. The van der Waals surface area contributed by atoms with Crippen molar-refractivity contribution in [3.63, 3.8) is 0 Å². The average Bonchev–Trinajstić information content (AvgIpc) is 2.82. The Morgan fingerprint density at radius 3 is 2.90 bits per heavy atom. The molecule has 1 saturated carbocycles. The first-order valence-corrected chi connectivity index (χ1v) is 7.57. The summed E-state index contributed by atoms with van der Waals surface area (Å²) in [6.45, 7) is 0.629. The number of anilines is 1. The first-order valence-electron chi connectivity index (χ1n) is 6.78. The Kier molecular flexibility index (Phi) is 3.32. The van der Waals surface area contributed by atoms with Gasteiger partial charge in [-0.3, -0.25) is 4.79 Å². The first kappa shape index (κ1) is 13.6. The molecule has 1 aliphatic heterocycles. The van der Waals surface area contributed by atoms with Gasteiger partial charge in [-0.2, -0.15) is 0 Å². The number of carbonyl (C=O) groups is 2. The van der Waals surface area contributed by atoms with E-state index in [-0.39, 0.29) is 5.97 Å². The molecular formula is C15H16BrNO3. The predicted octanol–water partition coefficient (Wildman–Crippen LogP) is 3.04. The fraction of sp³-hybridized carbons (Fsp3) is 0.467. The Balaban J connectivity index is 2.10. The number of esters is 1. The van der Waals surface area contributed by atoms with Crippen LogP contribution in [-0.2, 0) is 14.9 Å². The number of rotatable bonds is 1. The van der Waals surface area contributed by atoms with E-state index in [2.05, 4.69) is 21.2 Å². The molecule has 1 spiro atoms. The van der Waals surface area contributed by atoms with Gasteiger partial charge < -0.3 is 10.1 Å². The van der Waals surface area contributed by atoms with Crippen LogP contribution in [0.5, 0.6) is 0 Å². The summed E-state index contributed by atoms with van der Waals surface area (Å²) < 4.78 is 5.57. The Bertz CT molecular complexity index is 599. The van der Waals surface area contributed by atoms with Gasteiger partial charge in [0.1, 0.15) is 5.78 Å². The van der Waals surface area contributed by atoms with E-state index < -0.39 is 5.41 Å². The zero-order chi connectivity index (χ0) is 14.3. The molecule has 1 aromatic rings. The van der Waals surface area contributed by atoms with E-state index in [1.807, 2.05) is 0 Å². The zero-order valence-corrected chi connectivity index (χ0v) is 12.9. The van der Waals surface area contributed by atoms with Crippen LogP contribution in [0.25, 0.3) is 0 Å². The van der Waals surface area contributed by atoms with E-state index >= 15 is 0 Å². The molecule has 1 N–H and O–H groups in total. The van der Waals surface area contributed by atoms with Crippen molar-refractivity contribution in [2.45, 2.75) is 31.1 Å². The topological polar surface area (TPSA) is 55.4 Å². The summed E-state index contributed by atoms with van der Waals surface area (Å²) >= 11 is 3.53. The molecule has 0 bridgehead atoms. The summed E-state index contributed by atoms with van der Waals surface area (Å²) in [5, 5.41) is 3.29. The van der Waals surface area contributed by atoms with Crippen LogP contribution in [0.3, 0.4) is 0 Å². The van der Waals surface area contributed by atoms with Crippen LogP contribution in [0.2, 0.25) is 0 Å². The van der Waals surface area contributed by atoms with Crippen molar-refractivity contribution < 1.29 is 14.3 Å². The summed E-state index contributed by atoms with van der Waals surface area (Å²) in [6, 6.07) is 3.53. The van der Waals surface area contributed by atoms with Gasteiger partial charge in [-0.05, 0) is 25.0 Å². The fourth-order valence-corrected chi connectivity index (χ4v) is 4.18. The van der Waals surface area contributed by atoms with Crippen LogP contribution in [0.1, 0.15) is 41.6 Å². The maximum atomic E-state index is 12.5. The predicted molar refractivity (Wildman–Crippen MR) is 79.1 cm³/mol. The number of halogens is 1. The van der Waals surface area contributed by atoms with Crippen molar-refractivity contribution in [1.82, 2.24) is 0 Å². The number of hydrogen-bond acceptors (Lipinski definition) is 4. The summed E-state index contributed by atoms with van der Waals surface area (Å²) in [5.74, 6) is -0.0623. The molecule has 20 heavy (non-hydrogen) atoms. The number of Topliss-reactive ketones (excluding diaryl/α,β-unsaturated/α-hetero) is 1. The Morgan fingerprint density at radius 2 is 2.20 bits per heavy atom. The van der Waals surface area contributed by atoms with Crippen LogP contribution in [-0.4, -0.2) is 25.4 Å². The van der Waals surface area contributed by atoms with Crippen LogP contribution in [0, 0.1) is 0 Å². The van der Waals surface area contributed by atoms with Crippen molar-refractivity contribution in [2.24, 2.45) is 0 Å². The van der Waals surface area contributed by atoms with Crippen molar-refractivity contribution in [2.75, 3.05) is 19.0 Å². The van der Waals surface area contributed by atoms with Gasteiger partial charge in [0.25, 0.3) is 0 Å². The molecule has 5 heteroatoms. The molecule has 2 aliphatic rings. The molecule has 0 amide bonds. The maximum Gasteiger partial charge on any atom is 0.337 e. The largest absolute Gasteiger partial charge is 0.465 e. The van der Waals surface area contributed by atoms with Crippen molar-refractivity contribution >= 4 is 33.4 Å². The standard InChI is InChI=1S/C15H16BrNO3/c1-20-14(19)9-6-10(16)13-11(7-9)17-8-15(13)5-3-2-4-12(15)18/h6-7,17H,2-5,8H2,1H3. The van der Waals surface area contributed by atoms with E-state index in [9.17, 15) is 9.59 Å². The van der Waals surface area contributed by atoms with Crippen LogP contribution >= 0.6 is 15.9 Å². The van der Waals surface area contributed by atoms with Gasteiger partial charge in [0.15, 0.2) is 0 Å². The normalized spacial score (nSPS) is 24.4. The third-order valence-electron chi connectivity index (χ3n) is 4.36. The van der Waals surface area contributed by atoms with Gasteiger partial charge >= 0.3 is 5.97 Å². The molecule has 0 radical (unpaired) electrons. The molecule has 106 valence electrons. The second-order valence-corrected chi connectivity index (χ2v) is 6.29. The van der Waals surface area contributed by atoms with Gasteiger partial charge in [-0.25, -0.2) is 4.79 Å². The lowest BCUT2D eigenvalue weighted by molar-refractivity contribution is -0.125. The minimum absolute atomic E-state index is 0.307. The van der Waals surface area contributed by atoms with Crippen LogP contribution in [0.15, 0.2) is 16.6 Å². The van der Waals surface area contributed by atoms with Crippen molar-refractivity contribution in [3.05, 3.63) is 27.7 Å². The fourth-order valence-electron chi connectivity index (χ4n) is 3.35. The molecule has 1 fully saturated rings. The number of carbonyl (C=O) groups excluding carboxylic acids is 2. The van der Waals surface area contributed by atoms with Gasteiger partial charge in [0, 0.05) is 28.7 Å². The number of methoxy groups -OCH3 is 1. The molecule has 4 nitrogen and oxygen atoms in total. The van der Waals surface area contributed by atoms with Gasteiger partial charge in [0.2, 0.25) is 0 Å². The van der Waals surface area contributed by atoms with Crippen molar-refractivity contribution in [3.8, 4) is 0 Å². The molecule has 0 saturated heterocycles.